The fourth-order valence-electron chi connectivity index (χ4n) is 3.34. The predicted octanol–water partition coefficient (Wildman–Crippen LogP) is 2.32. The van der Waals surface area contributed by atoms with Gasteiger partial charge in [-0.3, -0.25) is 19.2 Å². The molecule has 4 atom stereocenters. The summed E-state index contributed by atoms with van der Waals surface area (Å²) in [6.07, 6.45) is -4.18. The first-order valence-electron chi connectivity index (χ1n) is 14.3. The summed E-state index contributed by atoms with van der Waals surface area (Å²) in [5, 5.41) is 14.8. The van der Waals surface area contributed by atoms with Crippen LogP contribution in [0.5, 0.6) is 0 Å². The molecular formula is C29H46N2O15. The molecule has 3 N–H and O–H groups in total. The largest absolute Gasteiger partial charge is 0.509 e. The van der Waals surface area contributed by atoms with Crippen LogP contribution in [0.15, 0.2) is 0 Å². The topological polar surface area (TPSA) is 236 Å². The van der Waals surface area contributed by atoms with Crippen molar-refractivity contribution < 1.29 is 71.9 Å². The van der Waals surface area contributed by atoms with E-state index in [9.17, 15) is 43.5 Å². The summed E-state index contributed by atoms with van der Waals surface area (Å²) in [5.41, 5.74) is -6.73. The molecule has 0 aromatic heterocycles. The van der Waals surface area contributed by atoms with Crippen LogP contribution in [0, 0.1) is 0 Å². The Morgan fingerprint density at radius 1 is 0.543 bits per heavy atom. The maximum Gasteiger partial charge on any atom is 0.509 e. The fourth-order valence-corrected chi connectivity index (χ4v) is 3.34. The van der Waals surface area contributed by atoms with Crippen LogP contribution in [0.25, 0.3) is 0 Å². The highest BCUT2D eigenvalue weighted by molar-refractivity contribution is 5.88. The summed E-state index contributed by atoms with van der Waals surface area (Å²) in [6.45, 7) is 8.97. The molecule has 262 valence electrons. The number of hydrogen-bond donors (Lipinski definition) is 3. The van der Waals surface area contributed by atoms with E-state index in [1.54, 1.807) is 0 Å². The molecule has 17 nitrogen and oxygen atoms in total. The lowest BCUT2D eigenvalue weighted by atomic mass is 9.87. The van der Waals surface area contributed by atoms with E-state index in [1.165, 1.54) is 55.4 Å². The van der Waals surface area contributed by atoms with Crippen LogP contribution in [-0.4, -0.2) is 109 Å². The van der Waals surface area contributed by atoms with Gasteiger partial charge in [0, 0.05) is 0 Å². The fraction of sp³-hybridized carbons (Fsp3) is 0.724. The Morgan fingerprint density at radius 2 is 0.870 bits per heavy atom. The van der Waals surface area contributed by atoms with Crippen molar-refractivity contribution >= 4 is 47.6 Å². The first kappa shape index (κ1) is 41.7. The number of ketones is 4. The second-order valence-electron chi connectivity index (χ2n) is 11.3. The van der Waals surface area contributed by atoms with Crippen LogP contribution < -0.4 is 10.6 Å². The van der Waals surface area contributed by atoms with E-state index in [0.717, 1.165) is 7.11 Å². The number of hydrogen-bond acceptors (Lipinski definition) is 15. The molecule has 2 amide bonds. The second-order valence-corrected chi connectivity index (χ2v) is 11.3. The molecular weight excluding hydrogens is 616 g/mol. The van der Waals surface area contributed by atoms with Crippen LogP contribution in [0.1, 0.15) is 81.1 Å². The summed E-state index contributed by atoms with van der Waals surface area (Å²) in [7, 11) is 1.07. The predicted molar refractivity (Wildman–Crippen MR) is 157 cm³/mol. The third-order valence-corrected chi connectivity index (χ3v) is 7.47. The number of carbonyl (C=O) groups excluding carboxylic acids is 8. The van der Waals surface area contributed by atoms with E-state index in [4.69, 9.17) is 23.7 Å². The highest BCUT2D eigenvalue weighted by atomic mass is 16.7. The number of rotatable bonds is 19. The number of aliphatic hydroxyl groups is 1. The first-order chi connectivity index (χ1) is 21.0. The third kappa shape index (κ3) is 14.2. The summed E-state index contributed by atoms with van der Waals surface area (Å²) in [6, 6.07) is -0.711. The van der Waals surface area contributed by atoms with Crippen LogP contribution in [0.3, 0.4) is 0 Å². The molecule has 0 aliphatic rings. The Labute approximate surface area is 267 Å². The van der Waals surface area contributed by atoms with Gasteiger partial charge in [0.15, 0.2) is 39.9 Å². The van der Waals surface area contributed by atoms with Gasteiger partial charge in [0.2, 0.25) is 0 Å². The molecule has 17 heteroatoms. The smallest absolute Gasteiger partial charge is 0.438 e. The van der Waals surface area contributed by atoms with Crippen molar-refractivity contribution in [1.82, 2.24) is 10.6 Å². The molecule has 46 heavy (non-hydrogen) atoms. The Balaban J connectivity index is 4.63. The van der Waals surface area contributed by atoms with E-state index in [-0.39, 0.29) is 52.0 Å². The normalized spacial score (nSPS) is 16.0. The van der Waals surface area contributed by atoms with Crippen molar-refractivity contribution in [2.24, 2.45) is 0 Å². The lowest BCUT2D eigenvalue weighted by molar-refractivity contribution is -0.144. The molecule has 0 radical (unpaired) electrons. The van der Waals surface area contributed by atoms with Crippen LogP contribution in [0.4, 0.5) is 19.2 Å². The Morgan fingerprint density at radius 3 is 1.17 bits per heavy atom. The van der Waals surface area contributed by atoms with Gasteiger partial charge in [0.1, 0.15) is 18.8 Å². The molecule has 0 heterocycles. The standard InChI is InChI=1S/C29H46N2O15/c1-18(32)26(5,40)10-11-27(6,19(2)33)45-24(38)42-16-14-30-22(36)31-15-17-43-25(39)46-29(8,21(4)35)13-12-28(7,20(3)34)44-23(37)41-9/h40H,10-17H2,1-9H3,(H2,30,31,36). The molecule has 4 unspecified atom stereocenters. The van der Waals surface area contributed by atoms with Crippen LogP contribution >= 0.6 is 0 Å². The van der Waals surface area contributed by atoms with Crippen molar-refractivity contribution in [3.8, 4) is 0 Å². The number of methoxy groups -OCH3 is 1. The van der Waals surface area contributed by atoms with Crippen molar-refractivity contribution in [3.05, 3.63) is 0 Å². The number of urea groups is 1. The lowest BCUT2D eigenvalue weighted by Crippen LogP contribution is -2.45. The highest BCUT2D eigenvalue weighted by Crippen LogP contribution is 2.28. The van der Waals surface area contributed by atoms with Crippen molar-refractivity contribution in [2.45, 2.75) is 103 Å². The molecule has 0 aromatic carbocycles. The number of amides is 2. The molecule has 0 saturated heterocycles. The third-order valence-electron chi connectivity index (χ3n) is 7.47. The average Bonchev–Trinajstić information content (AvgIpc) is 2.95. The molecule has 0 spiro atoms. The highest BCUT2D eigenvalue weighted by Gasteiger charge is 2.42. The monoisotopic (exact) mass is 662 g/mol. The van der Waals surface area contributed by atoms with Gasteiger partial charge in [0.05, 0.1) is 20.2 Å². The Hall–Kier alpha value is -4.28. The van der Waals surface area contributed by atoms with Gasteiger partial charge in [-0.05, 0) is 81.1 Å². The van der Waals surface area contributed by atoms with E-state index in [1.807, 2.05) is 0 Å². The summed E-state index contributed by atoms with van der Waals surface area (Å²) in [4.78, 5) is 95.7. The van der Waals surface area contributed by atoms with Crippen LogP contribution in [-0.2, 0) is 47.6 Å². The Bertz CT molecular complexity index is 1150. The maximum absolute atomic E-state index is 12.2. The SMILES string of the molecule is COC(=O)OC(C)(CCC(C)(OC(=O)OCCNC(=O)NCCOC(=O)OC(C)(CCC(C)(O)C(C)=O)C(C)=O)C(C)=O)C(C)=O. The first-order valence-corrected chi connectivity index (χ1v) is 14.3. The number of nitrogens with one attached hydrogen (secondary N) is 2. The zero-order valence-electron chi connectivity index (χ0n) is 27.8. The van der Waals surface area contributed by atoms with Crippen molar-refractivity contribution in [3.63, 3.8) is 0 Å². The van der Waals surface area contributed by atoms with Gasteiger partial charge in [-0.1, -0.05) is 0 Å². The zero-order valence-corrected chi connectivity index (χ0v) is 27.8. The van der Waals surface area contributed by atoms with Gasteiger partial charge in [-0.25, -0.2) is 19.2 Å². The van der Waals surface area contributed by atoms with E-state index < -0.39 is 70.0 Å². The number of Topliss-reactive ketones (excluding diaryl/α,β-unsaturated/α-hetero) is 4. The maximum atomic E-state index is 12.2. The molecule has 0 aliphatic carbocycles. The molecule has 0 saturated carbocycles. The van der Waals surface area contributed by atoms with E-state index >= 15 is 0 Å². The average molecular weight is 663 g/mol. The van der Waals surface area contributed by atoms with Gasteiger partial charge < -0.3 is 44.2 Å². The quantitative estimate of drug-likeness (QED) is 0.102. The van der Waals surface area contributed by atoms with Gasteiger partial charge >= 0.3 is 24.5 Å². The van der Waals surface area contributed by atoms with Gasteiger partial charge in [0.25, 0.3) is 0 Å². The molecule has 0 aromatic rings. The zero-order chi connectivity index (χ0) is 35.9. The van der Waals surface area contributed by atoms with Crippen molar-refractivity contribution in [1.29, 1.82) is 0 Å². The minimum Gasteiger partial charge on any atom is -0.438 e. The summed E-state index contributed by atoms with van der Waals surface area (Å²) < 4.78 is 29.5. The lowest BCUT2D eigenvalue weighted by Gasteiger charge is -2.31. The van der Waals surface area contributed by atoms with E-state index in [0.29, 0.717) is 0 Å². The molecule has 0 aliphatic heterocycles. The van der Waals surface area contributed by atoms with Crippen molar-refractivity contribution in [2.75, 3.05) is 33.4 Å². The number of carbonyl (C=O) groups is 8. The minimum absolute atomic E-state index is 0.139. The second kappa shape index (κ2) is 18.0. The number of ether oxygens (including phenoxy) is 6. The molecule has 0 bridgehead atoms. The van der Waals surface area contributed by atoms with E-state index in [2.05, 4.69) is 15.4 Å². The van der Waals surface area contributed by atoms with Gasteiger partial charge in [-0.15, -0.1) is 0 Å². The minimum atomic E-state index is -1.73. The van der Waals surface area contributed by atoms with Crippen LogP contribution in [0.2, 0.25) is 0 Å². The summed E-state index contributed by atoms with van der Waals surface area (Å²) >= 11 is 0. The molecule has 0 rings (SSSR count). The van der Waals surface area contributed by atoms with Gasteiger partial charge in [-0.2, -0.15) is 0 Å². The Kier molecular flexibility index (Phi) is 16.3. The molecule has 0 fully saturated rings. The summed E-state index contributed by atoms with van der Waals surface area (Å²) in [5.74, 6) is -2.13.